The number of carboxylic acids is 1. The number of carboxylic acid groups (broad SMARTS) is 1. The summed E-state index contributed by atoms with van der Waals surface area (Å²) in [6.45, 7) is 2.06. The van der Waals surface area contributed by atoms with E-state index < -0.39 is 12.1 Å². The number of piperidine rings is 1. The molecule has 0 spiro atoms. The van der Waals surface area contributed by atoms with Gasteiger partial charge in [0.25, 0.3) is 0 Å². The number of aliphatic hydroxyl groups is 1. The van der Waals surface area contributed by atoms with E-state index in [1.165, 1.54) is 0 Å². The van der Waals surface area contributed by atoms with Gasteiger partial charge in [-0.05, 0) is 25.9 Å². The van der Waals surface area contributed by atoms with Crippen molar-refractivity contribution in [2.45, 2.75) is 31.7 Å². The molecule has 2 heterocycles. The van der Waals surface area contributed by atoms with Crippen LogP contribution in [0, 0.1) is 0 Å². The standard InChI is InChI=1S/C8H14N4O.C2HF3O2/c13-6-7-5-12(11-10-7)8-1-3-9-4-2-8;3-2(4,5)1(6)7/h5,8-9,13H,1-4,6H2;(H,6,7). The molecule has 7 nitrogen and oxygen atoms in total. The van der Waals surface area contributed by atoms with E-state index in [0.717, 1.165) is 25.9 Å². The second kappa shape index (κ2) is 7.20. The van der Waals surface area contributed by atoms with E-state index in [9.17, 15) is 13.2 Å². The lowest BCUT2D eigenvalue weighted by Gasteiger charge is -2.22. The zero-order chi connectivity index (χ0) is 15.2. The van der Waals surface area contributed by atoms with Crippen molar-refractivity contribution in [3.8, 4) is 0 Å². The molecule has 1 aliphatic heterocycles. The van der Waals surface area contributed by atoms with Crippen molar-refractivity contribution in [2.24, 2.45) is 0 Å². The van der Waals surface area contributed by atoms with Crippen molar-refractivity contribution < 1.29 is 28.2 Å². The number of rotatable bonds is 2. The number of aliphatic hydroxyl groups excluding tert-OH is 1. The summed E-state index contributed by atoms with van der Waals surface area (Å²) in [7, 11) is 0. The summed E-state index contributed by atoms with van der Waals surface area (Å²) in [5.74, 6) is -2.76. The van der Waals surface area contributed by atoms with Gasteiger partial charge >= 0.3 is 12.1 Å². The maximum atomic E-state index is 10.6. The maximum Gasteiger partial charge on any atom is 0.490 e. The third kappa shape index (κ3) is 5.13. The van der Waals surface area contributed by atoms with Crippen LogP contribution in [-0.2, 0) is 11.4 Å². The topological polar surface area (TPSA) is 100 Å². The minimum Gasteiger partial charge on any atom is -0.475 e. The number of nitrogens with one attached hydrogen (secondary N) is 1. The van der Waals surface area contributed by atoms with Crippen molar-refractivity contribution in [3.05, 3.63) is 11.9 Å². The number of halogens is 3. The third-order valence-electron chi connectivity index (χ3n) is 2.65. The van der Waals surface area contributed by atoms with Gasteiger partial charge < -0.3 is 15.5 Å². The van der Waals surface area contributed by atoms with E-state index in [4.69, 9.17) is 15.0 Å². The van der Waals surface area contributed by atoms with Crippen LogP contribution in [0.4, 0.5) is 13.2 Å². The minimum atomic E-state index is -5.08. The molecule has 0 radical (unpaired) electrons. The first-order valence-corrected chi connectivity index (χ1v) is 5.87. The van der Waals surface area contributed by atoms with Gasteiger partial charge in [-0.25, -0.2) is 9.48 Å². The lowest BCUT2D eigenvalue weighted by Crippen LogP contribution is -2.29. The lowest BCUT2D eigenvalue weighted by atomic mass is 10.1. The molecule has 10 heteroatoms. The van der Waals surface area contributed by atoms with E-state index in [1.54, 1.807) is 0 Å². The minimum absolute atomic E-state index is 0.0228. The van der Waals surface area contributed by atoms with Crippen LogP contribution in [0.15, 0.2) is 6.20 Å². The number of hydrogen-bond donors (Lipinski definition) is 3. The third-order valence-corrected chi connectivity index (χ3v) is 2.65. The van der Waals surface area contributed by atoms with Gasteiger partial charge in [-0.15, -0.1) is 5.10 Å². The number of carbonyl (C=O) groups is 1. The van der Waals surface area contributed by atoms with Crippen LogP contribution in [-0.4, -0.2) is 50.4 Å². The normalized spacial score (nSPS) is 16.4. The molecule has 0 aromatic carbocycles. The molecule has 114 valence electrons. The zero-order valence-electron chi connectivity index (χ0n) is 10.5. The first-order chi connectivity index (χ1) is 9.34. The van der Waals surface area contributed by atoms with Crippen molar-refractivity contribution >= 4 is 5.97 Å². The van der Waals surface area contributed by atoms with Crippen molar-refractivity contribution in [2.75, 3.05) is 13.1 Å². The fourth-order valence-corrected chi connectivity index (χ4v) is 1.64. The quantitative estimate of drug-likeness (QED) is 0.727. The predicted octanol–water partition coefficient (Wildman–Crippen LogP) is 0.328. The SMILES string of the molecule is O=C(O)C(F)(F)F.OCc1cn(C2CCNCC2)nn1. The van der Waals surface area contributed by atoms with Crippen molar-refractivity contribution in [1.82, 2.24) is 20.3 Å². The number of alkyl halides is 3. The van der Waals surface area contributed by atoms with Crippen molar-refractivity contribution in [1.29, 1.82) is 0 Å². The fourth-order valence-electron chi connectivity index (χ4n) is 1.64. The Bertz CT molecular complexity index is 430. The molecule has 2 rings (SSSR count). The maximum absolute atomic E-state index is 10.6. The Labute approximate surface area is 112 Å². The molecular formula is C10H15F3N4O3. The summed E-state index contributed by atoms with van der Waals surface area (Å²) in [5.41, 5.74) is 0.651. The predicted molar refractivity (Wildman–Crippen MR) is 60.8 cm³/mol. The molecule has 0 amide bonds. The van der Waals surface area contributed by atoms with E-state index >= 15 is 0 Å². The highest BCUT2D eigenvalue weighted by atomic mass is 19.4. The molecule has 3 N–H and O–H groups in total. The first kappa shape index (κ1) is 16.4. The highest BCUT2D eigenvalue weighted by Gasteiger charge is 2.38. The fraction of sp³-hybridized carbons (Fsp3) is 0.700. The van der Waals surface area contributed by atoms with E-state index in [0.29, 0.717) is 11.7 Å². The van der Waals surface area contributed by atoms with Gasteiger partial charge in [0.05, 0.1) is 18.8 Å². The average molecular weight is 296 g/mol. The molecule has 0 unspecified atom stereocenters. The second-order valence-corrected chi connectivity index (χ2v) is 4.13. The zero-order valence-corrected chi connectivity index (χ0v) is 10.5. The van der Waals surface area contributed by atoms with Crippen molar-refractivity contribution in [3.63, 3.8) is 0 Å². The van der Waals surface area contributed by atoms with Gasteiger partial charge in [0.2, 0.25) is 0 Å². The first-order valence-electron chi connectivity index (χ1n) is 5.87. The number of aromatic nitrogens is 3. The van der Waals surface area contributed by atoms with Crippen LogP contribution < -0.4 is 5.32 Å². The van der Waals surface area contributed by atoms with Crippen LogP contribution in [0.3, 0.4) is 0 Å². The van der Waals surface area contributed by atoms with Gasteiger partial charge in [0.1, 0.15) is 5.69 Å². The molecule has 0 bridgehead atoms. The molecule has 1 aromatic rings. The molecular weight excluding hydrogens is 281 g/mol. The summed E-state index contributed by atoms with van der Waals surface area (Å²) in [6.07, 6.45) is -1.07. The molecule has 1 fully saturated rings. The van der Waals surface area contributed by atoms with Crippen LogP contribution >= 0.6 is 0 Å². The highest BCUT2D eigenvalue weighted by molar-refractivity contribution is 5.73. The van der Waals surface area contributed by atoms with E-state index in [-0.39, 0.29) is 6.61 Å². The Kier molecular flexibility index (Phi) is 5.89. The van der Waals surface area contributed by atoms with Gasteiger partial charge in [-0.3, -0.25) is 0 Å². The Morgan fingerprint density at radius 2 is 2.00 bits per heavy atom. The molecule has 0 atom stereocenters. The summed E-state index contributed by atoms with van der Waals surface area (Å²) in [6, 6.07) is 0.453. The highest BCUT2D eigenvalue weighted by Crippen LogP contribution is 2.16. The summed E-state index contributed by atoms with van der Waals surface area (Å²) in [4.78, 5) is 8.90. The van der Waals surface area contributed by atoms with Gasteiger partial charge in [0.15, 0.2) is 0 Å². The summed E-state index contributed by atoms with van der Waals surface area (Å²) >= 11 is 0. The summed E-state index contributed by atoms with van der Waals surface area (Å²) in [5, 5.41) is 27.1. The molecule has 0 saturated carbocycles. The molecule has 1 saturated heterocycles. The number of aliphatic carboxylic acids is 1. The van der Waals surface area contributed by atoms with Gasteiger partial charge in [-0.1, -0.05) is 5.21 Å². The van der Waals surface area contributed by atoms with E-state index in [1.807, 2.05) is 10.9 Å². The summed E-state index contributed by atoms with van der Waals surface area (Å²) < 4.78 is 33.6. The lowest BCUT2D eigenvalue weighted by molar-refractivity contribution is -0.192. The molecule has 20 heavy (non-hydrogen) atoms. The largest absolute Gasteiger partial charge is 0.490 e. The number of hydrogen-bond acceptors (Lipinski definition) is 5. The Morgan fingerprint density at radius 1 is 1.45 bits per heavy atom. The van der Waals surface area contributed by atoms with Gasteiger partial charge in [-0.2, -0.15) is 13.2 Å². The molecule has 1 aromatic heterocycles. The van der Waals surface area contributed by atoms with Crippen LogP contribution in [0.2, 0.25) is 0 Å². The van der Waals surface area contributed by atoms with Gasteiger partial charge in [0, 0.05) is 0 Å². The Balaban J connectivity index is 0.000000246. The van der Waals surface area contributed by atoms with Crippen LogP contribution in [0.5, 0.6) is 0 Å². The second-order valence-electron chi connectivity index (χ2n) is 4.13. The van der Waals surface area contributed by atoms with E-state index in [2.05, 4.69) is 15.6 Å². The number of nitrogens with zero attached hydrogens (tertiary/aromatic N) is 3. The monoisotopic (exact) mass is 296 g/mol. The molecule has 0 aliphatic carbocycles. The Hall–Kier alpha value is -1.68. The Morgan fingerprint density at radius 3 is 2.40 bits per heavy atom. The smallest absolute Gasteiger partial charge is 0.475 e. The average Bonchev–Trinajstić information content (AvgIpc) is 2.88. The van der Waals surface area contributed by atoms with Crippen LogP contribution in [0.1, 0.15) is 24.6 Å². The van der Waals surface area contributed by atoms with Crippen LogP contribution in [0.25, 0.3) is 0 Å². The molecule has 1 aliphatic rings.